The van der Waals surface area contributed by atoms with E-state index in [0.29, 0.717) is 11.3 Å². The molecule has 0 fully saturated rings. The summed E-state index contributed by atoms with van der Waals surface area (Å²) in [6.07, 6.45) is 0.916. The minimum absolute atomic E-state index is 0.641. The van der Waals surface area contributed by atoms with Gasteiger partial charge in [-0.2, -0.15) is 5.26 Å². The Morgan fingerprint density at radius 2 is 2.18 bits per heavy atom. The van der Waals surface area contributed by atoms with Crippen molar-refractivity contribution >= 4 is 5.69 Å². The number of rotatable bonds is 1. The lowest BCUT2D eigenvalue weighted by Gasteiger charge is -1.98. The van der Waals surface area contributed by atoms with Crippen molar-refractivity contribution in [3.05, 3.63) is 29.3 Å². The topological polar surface area (TPSA) is 49.8 Å². The largest absolute Gasteiger partial charge is 0.399 e. The van der Waals surface area contributed by atoms with E-state index in [2.05, 4.69) is 6.07 Å². The van der Waals surface area contributed by atoms with Crippen molar-refractivity contribution in [3.8, 4) is 6.07 Å². The lowest BCUT2D eigenvalue weighted by Crippen LogP contribution is -1.89. The second kappa shape index (κ2) is 3.07. The van der Waals surface area contributed by atoms with Crippen LogP contribution < -0.4 is 5.73 Å². The van der Waals surface area contributed by atoms with Gasteiger partial charge in [0.25, 0.3) is 0 Å². The molecule has 0 aliphatic heterocycles. The summed E-state index contributed by atoms with van der Waals surface area (Å²) in [7, 11) is 0. The maximum absolute atomic E-state index is 8.58. The van der Waals surface area contributed by atoms with E-state index in [-0.39, 0.29) is 0 Å². The van der Waals surface area contributed by atoms with Crippen LogP contribution in [0.25, 0.3) is 0 Å². The first-order valence-corrected chi connectivity index (χ1v) is 3.55. The molecule has 0 amide bonds. The summed E-state index contributed by atoms with van der Waals surface area (Å²) in [6.45, 7) is 2.04. The van der Waals surface area contributed by atoms with Gasteiger partial charge in [0.2, 0.25) is 0 Å². The zero-order chi connectivity index (χ0) is 8.27. The Morgan fingerprint density at radius 3 is 2.73 bits per heavy atom. The zero-order valence-corrected chi connectivity index (χ0v) is 6.46. The van der Waals surface area contributed by atoms with E-state index < -0.39 is 0 Å². The minimum Gasteiger partial charge on any atom is -0.399 e. The van der Waals surface area contributed by atoms with Crippen LogP contribution in [0.4, 0.5) is 5.69 Å². The molecular formula is C9H10N2. The fourth-order valence-electron chi connectivity index (χ4n) is 0.987. The molecule has 0 bridgehead atoms. The van der Waals surface area contributed by atoms with Crippen LogP contribution in [0.15, 0.2) is 18.2 Å². The highest BCUT2D eigenvalue weighted by Gasteiger charge is 1.95. The van der Waals surface area contributed by atoms with Gasteiger partial charge in [-0.25, -0.2) is 0 Å². The fraction of sp³-hybridized carbons (Fsp3) is 0.222. The predicted octanol–water partition coefficient (Wildman–Crippen LogP) is 1.70. The van der Waals surface area contributed by atoms with E-state index in [4.69, 9.17) is 11.0 Å². The van der Waals surface area contributed by atoms with Gasteiger partial charge in [0.05, 0.1) is 11.6 Å². The SMILES string of the molecule is CCc1cc(N)cc(C#N)c1. The van der Waals surface area contributed by atoms with E-state index in [0.717, 1.165) is 12.0 Å². The summed E-state index contributed by atoms with van der Waals surface area (Å²) >= 11 is 0. The van der Waals surface area contributed by atoms with Crippen molar-refractivity contribution in [3.63, 3.8) is 0 Å². The molecule has 0 saturated heterocycles. The second-order valence-corrected chi connectivity index (χ2v) is 2.43. The fourth-order valence-corrected chi connectivity index (χ4v) is 0.987. The molecule has 1 aromatic carbocycles. The van der Waals surface area contributed by atoms with Crippen LogP contribution in [0.1, 0.15) is 18.1 Å². The van der Waals surface area contributed by atoms with Crippen molar-refractivity contribution in [2.24, 2.45) is 0 Å². The van der Waals surface area contributed by atoms with Crippen molar-refractivity contribution < 1.29 is 0 Å². The van der Waals surface area contributed by atoms with Gasteiger partial charge in [-0.15, -0.1) is 0 Å². The van der Waals surface area contributed by atoms with Crippen LogP contribution in [0.2, 0.25) is 0 Å². The highest BCUT2D eigenvalue weighted by Crippen LogP contribution is 2.11. The normalized spacial score (nSPS) is 9.09. The van der Waals surface area contributed by atoms with E-state index in [1.807, 2.05) is 19.1 Å². The predicted molar refractivity (Wildman–Crippen MR) is 44.9 cm³/mol. The first-order chi connectivity index (χ1) is 5.26. The molecule has 0 heterocycles. The maximum atomic E-state index is 8.58. The summed E-state index contributed by atoms with van der Waals surface area (Å²) in [5, 5.41) is 8.58. The lowest BCUT2D eigenvalue weighted by atomic mass is 10.1. The summed E-state index contributed by atoms with van der Waals surface area (Å²) in [5.41, 5.74) is 7.98. The van der Waals surface area contributed by atoms with Gasteiger partial charge < -0.3 is 5.73 Å². The number of hydrogen-bond donors (Lipinski definition) is 1. The lowest BCUT2D eigenvalue weighted by molar-refractivity contribution is 1.14. The monoisotopic (exact) mass is 146 g/mol. The highest BCUT2D eigenvalue weighted by molar-refractivity contribution is 5.48. The third kappa shape index (κ3) is 1.71. The van der Waals surface area contributed by atoms with Crippen molar-refractivity contribution in [1.29, 1.82) is 5.26 Å². The standard InChI is InChI=1S/C9H10N2/c1-2-7-3-8(6-10)5-9(11)4-7/h3-5H,2,11H2,1H3. The Hall–Kier alpha value is -1.49. The Kier molecular flexibility index (Phi) is 2.12. The number of nitrogens with zero attached hydrogens (tertiary/aromatic N) is 1. The van der Waals surface area contributed by atoms with Crippen LogP contribution in [-0.4, -0.2) is 0 Å². The first kappa shape index (κ1) is 7.62. The quantitative estimate of drug-likeness (QED) is 0.613. The minimum atomic E-state index is 0.641. The molecule has 2 N–H and O–H groups in total. The van der Waals surface area contributed by atoms with Gasteiger partial charge in [-0.05, 0) is 30.2 Å². The van der Waals surface area contributed by atoms with Crippen LogP contribution in [-0.2, 0) is 6.42 Å². The Balaban J connectivity index is 3.15. The average molecular weight is 146 g/mol. The molecule has 2 heteroatoms. The van der Waals surface area contributed by atoms with E-state index in [1.165, 1.54) is 0 Å². The molecule has 0 spiro atoms. The number of nitrogens with two attached hydrogens (primary N) is 1. The molecule has 0 radical (unpaired) electrons. The Labute approximate surface area is 66.3 Å². The molecule has 1 aromatic rings. The molecule has 0 saturated carbocycles. The number of hydrogen-bond acceptors (Lipinski definition) is 2. The van der Waals surface area contributed by atoms with E-state index >= 15 is 0 Å². The molecule has 1 rings (SSSR count). The van der Waals surface area contributed by atoms with Gasteiger partial charge in [0.15, 0.2) is 0 Å². The first-order valence-electron chi connectivity index (χ1n) is 3.55. The van der Waals surface area contributed by atoms with E-state index in [9.17, 15) is 0 Å². The average Bonchev–Trinajstić information content (AvgIpc) is 2.03. The molecule has 0 unspecified atom stereocenters. The maximum Gasteiger partial charge on any atom is 0.0992 e. The number of benzene rings is 1. The number of anilines is 1. The van der Waals surface area contributed by atoms with Crippen LogP contribution >= 0.6 is 0 Å². The molecular weight excluding hydrogens is 136 g/mol. The molecule has 0 atom stereocenters. The van der Waals surface area contributed by atoms with E-state index in [1.54, 1.807) is 6.07 Å². The Bertz CT molecular complexity index is 297. The van der Waals surface area contributed by atoms with Gasteiger partial charge in [0.1, 0.15) is 0 Å². The third-order valence-corrected chi connectivity index (χ3v) is 1.55. The summed E-state index contributed by atoms with van der Waals surface area (Å²) < 4.78 is 0. The number of nitrogen functional groups attached to an aromatic ring is 1. The number of aryl methyl sites for hydroxylation is 1. The highest BCUT2D eigenvalue weighted by atomic mass is 14.5. The van der Waals surface area contributed by atoms with Crippen LogP contribution in [0.3, 0.4) is 0 Å². The van der Waals surface area contributed by atoms with Crippen molar-refractivity contribution in [2.45, 2.75) is 13.3 Å². The molecule has 0 aliphatic carbocycles. The van der Waals surface area contributed by atoms with Gasteiger partial charge in [0, 0.05) is 5.69 Å². The van der Waals surface area contributed by atoms with Crippen LogP contribution in [0, 0.1) is 11.3 Å². The molecule has 56 valence electrons. The summed E-state index contributed by atoms with van der Waals surface area (Å²) in [5.74, 6) is 0. The molecule has 0 aliphatic rings. The molecule has 2 nitrogen and oxygen atoms in total. The van der Waals surface area contributed by atoms with Crippen LogP contribution in [0.5, 0.6) is 0 Å². The summed E-state index contributed by atoms with van der Waals surface area (Å²) in [6, 6.07) is 7.49. The third-order valence-electron chi connectivity index (χ3n) is 1.55. The molecule has 11 heavy (non-hydrogen) atoms. The van der Waals surface area contributed by atoms with Gasteiger partial charge in [-0.1, -0.05) is 6.92 Å². The smallest absolute Gasteiger partial charge is 0.0992 e. The number of nitriles is 1. The second-order valence-electron chi connectivity index (χ2n) is 2.43. The Morgan fingerprint density at radius 1 is 1.45 bits per heavy atom. The van der Waals surface area contributed by atoms with Crippen molar-refractivity contribution in [2.75, 3.05) is 5.73 Å². The molecule has 0 aromatic heterocycles. The van der Waals surface area contributed by atoms with Gasteiger partial charge >= 0.3 is 0 Å². The summed E-state index contributed by atoms with van der Waals surface area (Å²) in [4.78, 5) is 0. The zero-order valence-electron chi connectivity index (χ0n) is 6.46. The van der Waals surface area contributed by atoms with Gasteiger partial charge in [-0.3, -0.25) is 0 Å². The van der Waals surface area contributed by atoms with Crippen molar-refractivity contribution in [1.82, 2.24) is 0 Å².